The van der Waals surface area contributed by atoms with Crippen LogP contribution in [-0.2, 0) is 32.5 Å². The number of fused-ring (bicyclic) bond motifs is 1. The van der Waals surface area contributed by atoms with Crippen LogP contribution in [0.25, 0.3) is 11.2 Å². The number of para-hydroxylation sites is 1. The lowest BCUT2D eigenvalue weighted by molar-refractivity contribution is 0.197. The predicted octanol–water partition coefficient (Wildman–Crippen LogP) is 2.04. The van der Waals surface area contributed by atoms with Crippen LogP contribution in [0.1, 0.15) is 30.3 Å². The molecule has 2 aromatic carbocycles. The summed E-state index contributed by atoms with van der Waals surface area (Å²) in [5.74, 6) is 0.738. The van der Waals surface area contributed by atoms with Gasteiger partial charge in [-0.05, 0) is 57.2 Å². The van der Waals surface area contributed by atoms with Gasteiger partial charge in [0, 0.05) is 44.8 Å². The molecule has 0 bridgehead atoms. The van der Waals surface area contributed by atoms with Gasteiger partial charge >= 0.3 is 5.69 Å². The first-order valence-corrected chi connectivity index (χ1v) is 14.4. The molecular formula is C31H43N7O3. The molecule has 2 heterocycles. The van der Waals surface area contributed by atoms with Gasteiger partial charge < -0.3 is 20.3 Å². The first-order valence-electron chi connectivity index (χ1n) is 14.4. The molecule has 0 spiro atoms. The molecule has 0 atom stereocenters. The molecule has 0 saturated heterocycles. The molecule has 3 N–H and O–H groups in total. The zero-order valence-electron chi connectivity index (χ0n) is 24.5. The number of aromatic nitrogens is 4. The average molecular weight is 562 g/mol. The Hall–Kier alpha value is -3.73. The highest BCUT2D eigenvalue weighted by Crippen LogP contribution is 2.18. The molecule has 0 aliphatic rings. The van der Waals surface area contributed by atoms with Crippen molar-refractivity contribution in [3.63, 3.8) is 0 Å². The third kappa shape index (κ3) is 7.32. The predicted molar refractivity (Wildman–Crippen MR) is 164 cm³/mol. The van der Waals surface area contributed by atoms with Crippen LogP contribution in [-0.4, -0.2) is 80.5 Å². The van der Waals surface area contributed by atoms with Crippen molar-refractivity contribution in [1.29, 1.82) is 0 Å². The molecule has 0 aliphatic carbocycles. The normalized spacial score (nSPS) is 11.8. The quantitative estimate of drug-likeness (QED) is 0.214. The highest BCUT2D eigenvalue weighted by molar-refractivity contribution is 5.71. The maximum Gasteiger partial charge on any atom is 0.332 e. The van der Waals surface area contributed by atoms with E-state index >= 15 is 0 Å². The molecule has 0 amide bonds. The molecule has 10 heteroatoms. The van der Waals surface area contributed by atoms with Crippen LogP contribution < -0.4 is 17.0 Å². The minimum atomic E-state index is -0.345. The third-order valence-electron chi connectivity index (χ3n) is 7.55. The SMILES string of the molecule is CCN(CCO)CCn1c(Cc2ccccc2)nc2c1c(=O)n(CCCN(C)C)c(=O)n2CCc1ccccc1N. The fourth-order valence-electron chi connectivity index (χ4n) is 5.24. The van der Waals surface area contributed by atoms with Gasteiger partial charge in [-0.3, -0.25) is 18.8 Å². The van der Waals surface area contributed by atoms with Crippen molar-refractivity contribution in [2.45, 2.75) is 45.8 Å². The van der Waals surface area contributed by atoms with Crippen molar-refractivity contribution >= 4 is 16.9 Å². The van der Waals surface area contributed by atoms with Gasteiger partial charge in [0.1, 0.15) is 5.82 Å². The summed E-state index contributed by atoms with van der Waals surface area (Å²) in [6, 6.07) is 17.7. The first kappa shape index (κ1) is 30.2. The molecule has 0 aliphatic heterocycles. The van der Waals surface area contributed by atoms with Gasteiger partial charge in [0.2, 0.25) is 0 Å². The number of benzene rings is 2. The van der Waals surface area contributed by atoms with Crippen LogP contribution in [0.3, 0.4) is 0 Å². The van der Waals surface area contributed by atoms with Gasteiger partial charge in [-0.15, -0.1) is 0 Å². The fourth-order valence-corrected chi connectivity index (χ4v) is 5.24. The van der Waals surface area contributed by atoms with Crippen molar-refractivity contribution in [3.05, 3.63) is 92.4 Å². The molecule has 2 aromatic heterocycles. The average Bonchev–Trinajstić information content (AvgIpc) is 3.31. The second kappa shape index (κ2) is 14.2. The summed E-state index contributed by atoms with van der Waals surface area (Å²) in [7, 11) is 3.95. The minimum Gasteiger partial charge on any atom is -0.399 e. The number of hydrogen-bond acceptors (Lipinski definition) is 7. The van der Waals surface area contributed by atoms with Crippen LogP contribution in [0, 0.1) is 0 Å². The standard InChI is InChI=1S/C31H43N7O3/c1-4-35(21-22-39)19-20-36-27(23-24-11-6-5-7-12-24)33-29-28(36)30(40)38(17-10-16-34(2)3)31(41)37(29)18-15-25-13-8-9-14-26(25)32/h5-9,11-14,39H,4,10,15-23,32H2,1-3H3. The number of rotatable bonds is 15. The number of hydrogen-bond donors (Lipinski definition) is 2. The van der Waals surface area contributed by atoms with E-state index in [0.717, 1.165) is 30.0 Å². The lowest BCUT2D eigenvalue weighted by Crippen LogP contribution is -2.41. The topological polar surface area (TPSA) is 115 Å². The number of aryl methyl sites for hydroxylation is 2. The summed E-state index contributed by atoms with van der Waals surface area (Å²) in [6.07, 6.45) is 1.74. The van der Waals surface area contributed by atoms with Gasteiger partial charge in [0.25, 0.3) is 5.56 Å². The molecule has 220 valence electrons. The van der Waals surface area contributed by atoms with Gasteiger partial charge in [0.15, 0.2) is 11.2 Å². The van der Waals surface area contributed by atoms with Crippen LogP contribution in [0.2, 0.25) is 0 Å². The molecular weight excluding hydrogens is 518 g/mol. The second-order valence-corrected chi connectivity index (χ2v) is 10.7. The van der Waals surface area contributed by atoms with Gasteiger partial charge in [-0.2, -0.15) is 0 Å². The van der Waals surface area contributed by atoms with E-state index in [1.54, 1.807) is 4.57 Å². The maximum atomic E-state index is 14.0. The molecule has 0 radical (unpaired) electrons. The van der Waals surface area contributed by atoms with Crippen LogP contribution in [0.4, 0.5) is 5.69 Å². The summed E-state index contributed by atoms with van der Waals surface area (Å²) < 4.78 is 5.01. The van der Waals surface area contributed by atoms with E-state index in [0.29, 0.717) is 68.8 Å². The van der Waals surface area contributed by atoms with Crippen LogP contribution in [0.15, 0.2) is 64.2 Å². The molecule has 0 saturated carbocycles. The Morgan fingerprint density at radius 2 is 1.61 bits per heavy atom. The third-order valence-corrected chi connectivity index (χ3v) is 7.55. The summed E-state index contributed by atoms with van der Waals surface area (Å²) in [4.78, 5) is 37.0. The van der Waals surface area contributed by atoms with E-state index in [9.17, 15) is 14.7 Å². The van der Waals surface area contributed by atoms with E-state index in [1.807, 2.05) is 78.2 Å². The Labute approximate surface area is 241 Å². The smallest absolute Gasteiger partial charge is 0.332 e. The summed E-state index contributed by atoms with van der Waals surface area (Å²) in [5.41, 5.74) is 9.11. The lowest BCUT2D eigenvalue weighted by atomic mass is 10.1. The highest BCUT2D eigenvalue weighted by atomic mass is 16.3. The molecule has 4 rings (SSSR count). The number of aliphatic hydroxyl groups excluding tert-OH is 1. The fraction of sp³-hybridized carbons (Fsp3) is 0.452. The van der Waals surface area contributed by atoms with Crippen LogP contribution in [0.5, 0.6) is 0 Å². The van der Waals surface area contributed by atoms with Crippen molar-refractivity contribution in [2.24, 2.45) is 0 Å². The summed E-state index contributed by atoms with van der Waals surface area (Å²) in [6.45, 7) is 6.04. The van der Waals surface area contributed by atoms with Crippen molar-refractivity contribution < 1.29 is 5.11 Å². The van der Waals surface area contributed by atoms with Crippen molar-refractivity contribution in [3.8, 4) is 0 Å². The molecule has 41 heavy (non-hydrogen) atoms. The first-order chi connectivity index (χ1) is 19.8. The number of nitrogen functional groups attached to an aromatic ring is 1. The molecule has 0 unspecified atom stereocenters. The largest absolute Gasteiger partial charge is 0.399 e. The molecule has 4 aromatic rings. The van der Waals surface area contributed by atoms with Crippen LogP contribution >= 0.6 is 0 Å². The number of nitrogens with zero attached hydrogens (tertiary/aromatic N) is 6. The Balaban J connectivity index is 1.86. The Kier molecular flexibility index (Phi) is 10.5. The zero-order valence-corrected chi connectivity index (χ0v) is 24.5. The van der Waals surface area contributed by atoms with Crippen molar-refractivity contribution in [2.75, 3.05) is 52.6 Å². The van der Waals surface area contributed by atoms with Gasteiger partial charge in [0.05, 0.1) is 6.61 Å². The Bertz CT molecular complexity index is 1540. The molecule has 0 fully saturated rings. The molecule has 10 nitrogen and oxygen atoms in total. The summed E-state index contributed by atoms with van der Waals surface area (Å²) >= 11 is 0. The van der Waals surface area contributed by atoms with Crippen molar-refractivity contribution in [1.82, 2.24) is 28.5 Å². The van der Waals surface area contributed by atoms with Gasteiger partial charge in [-0.1, -0.05) is 55.5 Å². The van der Waals surface area contributed by atoms with E-state index in [1.165, 1.54) is 4.57 Å². The second-order valence-electron chi connectivity index (χ2n) is 10.7. The zero-order chi connectivity index (χ0) is 29.4. The van der Waals surface area contributed by atoms with Gasteiger partial charge in [-0.25, -0.2) is 9.78 Å². The Morgan fingerprint density at radius 3 is 2.29 bits per heavy atom. The highest BCUT2D eigenvalue weighted by Gasteiger charge is 2.22. The lowest BCUT2D eigenvalue weighted by Gasteiger charge is -2.20. The number of likely N-dealkylation sites (N-methyl/N-ethyl adjacent to an activating group) is 1. The number of nitrogens with two attached hydrogens (primary N) is 1. The van der Waals surface area contributed by atoms with E-state index in [2.05, 4.69) is 11.8 Å². The summed E-state index contributed by atoms with van der Waals surface area (Å²) in [5, 5.41) is 9.52. The minimum absolute atomic E-state index is 0.0657. The monoisotopic (exact) mass is 561 g/mol. The Morgan fingerprint density at radius 1 is 0.878 bits per heavy atom. The van der Waals surface area contributed by atoms with E-state index in [-0.39, 0.29) is 17.9 Å². The number of aliphatic hydroxyl groups is 1. The number of imidazole rings is 1. The maximum absolute atomic E-state index is 14.0. The van der Waals surface area contributed by atoms with E-state index < -0.39 is 0 Å². The number of anilines is 1. The van der Waals surface area contributed by atoms with E-state index in [4.69, 9.17) is 10.7 Å².